The molecule has 0 heterocycles. The van der Waals surface area contributed by atoms with Crippen LogP contribution in [0.2, 0.25) is 0 Å². The molecule has 0 amide bonds. The van der Waals surface area contributed by atoms with Crippen molar-refractivity contribution in [3.05, 3.63) is 0 Å². The number of rotatable bonds is 1. The van der Waals surface area contributed by atoms with E-state index < -0.39 is 12.5 Å². The lowest BCUT2D eigenvalue weighted by molar-refractivity contribution is -0.345. The first-order chi connectivity index (χ1) is 5.47. The van der Waals surface area contributed by atoms with Gasteiger partial charge < -0.3 is 0 Å². The fourth-order valence-electron chi connectivity index (χ4n) is 1.54. The minimum atomic E-state index is -4.45. The average Bonchev–Trinajstić information content (AvgIpc) is 1.91. The molecular formula is C8H13F3O. The van der Waals surface area contributed by atoms with Crippen LogP contribution in [0.25, 0.3) is 0 Å². The monoisotopic (exact) mass is 182 g/mol. The molecule has 1 saturated carbocycles. The van der Waals surface area contributed by atoms with Crippen LogP contribution >= 0.6 is 0 Å². The topological polar surface area (TPSA) is 9.23 Å². The molecule has 0 saturated heterocycles. The van der Waals surface area contributed by atoms with E-state index in [1.807, 2.05) is 0 Å². The second kappa shape index (κ2) is 3.64. The third kappa shape index (κ3) is 3.43. The van der Waals surface area contributed by atoms with E-state index in [0.29, 0.717) is 18.8 Å². The second-order valence-electron chi connectivity index (χ2n) is 3.45. The summed E-state index contributed by atoms with van der Waals surface area (Å²) < 4.78 is 39.1. The van der Waals surface area contributed by atoms with Crippen LogP contribution in [-0.2, 0) is 4.74 Å². The van der Waals surface area contributed by atoms with Crippen LogP contribution in [0.3, 0.4) is 0 Å². The number of halogens is 3. The van der Waals surface area contributed by atoms with Crippen molar-refractivity contribution in [1.82, 2.24) is 0 Å². The summed E-state index contributed by atoms with van der Waals surface area (Å²) in [6.45, 7) is 2.06. The van der Waals surface area contributed by atoms with Crippen LogP contribution in [0.5, 0.6) is 0 Å². The van der Waals surface area contributed by atoms with Gasteiger partial charge in [-0.1, -0.05) is 6.92 Å². The predicted octanol–water partition coefficient (Wildman–Crippen LogP) is 3.10. The Morgan fingerprint density at radius 2 is 1.58 bits per heavy atom. The maximum atomic E-state index is 11.7. The van der Waals surface area contributed by atoms with E-state index in [1.54, 1.807) is 0 Å². The number of ether oxygens (including phenoxy) is 1. The molecular weight excluding hydrogens is 169 g/mol. The molecule has 0 aromatic heterocycles. The van der Waals surface area contributed by atoms with Crippen LogP contribution in [0.15, 0.2) is 0 Å². The molecule has 0 atom stereocenters. The normalized spacial score (nSPS) is 32.0. The minimum absolute atomic E-state index is 0.542. The van der Waals surface area contributed by atoms with Gasteiger partial charge in [0.1, 0.15) is 0 Å². The van der Waals surface area contributed by atoms with E-state index in [0.717, 1.165) is 12.8 Å². The highest BCUT2D eigenvalue weighted by molar-refractivity contribution is 4.70. The van der Waals surface area contributed by atoms with Crippen molar-refractivity contribution in [3.8, 4) is 0 Å². The van der Waals surface area contributed by atoms with Gasteiger partial charge in [0.05, 0.1) is 6.10 Å². The molecule has 0 bridgehead atoms. The summed E-state index contributed by atoms with van der Waals surface area (Å²) in [6, 6.07) is 0. The minimum Gasteiger partial charge on any atom is -0.289 e. The van der Waals surface area contributed by atoms with Crippen LogP contribution < -0.4 is 0 Å². The number of hydrogen-bond acceptors (Lipinski definition) is 1. The number of alkyl halides is 3. The molecule has 0 aromatic carbocycles. The Kier molecular flexibility index (Phi) is 2.99. The lowest BCUT2D eigenvalue weighted by Crippen LogP contribution is -2.27. The van der Waals surface area contributed by atoms with Crippen LogP contribution in [0.4, 0.5) is 13.2 Å². The van der Waals surface area contributed by atoms with Crippen LogP contribution in [0.1, 0.15) is 32.6 Å². The number of hydrogen-bond donors (Lipinski definition) is 0. The fraction of sp³-hybridized carbons (Fsp3) is 1.00. The largest absolute Gasteiger partial charge is 0.522 e. The zero-order valence-corrected chi connectivity index (χ0v) is 7.03. The molecule has 1 aliphatic carbocycles. The van der Waals surface area contributed by atoms with E-state index in [4.69, 9.17) is 0 Å². The predicted molar refractivity (Wildman–Crippen MR) is 38.6 cm³/mol. The van der Waals surface area contributed by atoms with Gasteiger partial charge in [0.25, 0.3) is 0 Å². The van der Waals surface area contributed by atoms with Gasteiger partial charge in [-0.3, -0.25) is 4.74 Å². The highest BCUT2D eigenvalue weighted by Gasteiger charge is 2.34. The van der Waals surface area contributed by atoms with E-state index in [-0.39, 0.29) is 0 Å². The first-order valence-electron chi connectivity index (χ1n) is 4.22. The molecule has 12 heavy (non-hydrogen) atoms. The van der Waals surface area contributed by atoms with Gasteiger partial charge in [0, 0.05) is 0 Å². The Morgan fingerprint density at radius 3 is 2.00 bits per heavy atom. The Labute approximate surface area is 69.9 Å². The smallest absolute Gasteiger partial charge is 0.289 e. The summed E-state index contributed by atoms with van der Waals surface area (Å²) in [5.74, 6) is 0.554. The maximum Gasteiger partial charge on any atom is 0.522 e. The SMILES string of the molecule is C[C@H]1CC[C@@H](OC(F)(F)F)CC1. The zero-order chi connectivity index (χ0) is 9.19. The van der Waals surface area contributed by atoms with Gasteiger partial charge in [-0.05, 0) is 31.6 Å². The van der Waals surface area contributed by atoms with E-state index in [2.05, 4.69) is 11.7 Å². The molecule has 1 fully saturated rings. The molecule has 1 rings (SSSR count). The highest BCUT2D eigenvalue weighted by Crippen LogP contribution is 2.30. The van der Waals surface area contributed by atoms with Gasteiger partial charge in [-0.25, -0.2) is 0 Å². The van der Waals surface area contributed by atoms with Crippen LogP contribution in [0, 0.1) is 5.92 Å². The third-order valence-corrected chi connectivity index (χ3v) is 2.26. The molecule has 0 aromatic rings. The second-order valence-corrected chi connectivity index (χ2v) is 3.45. The first-order valence-corrected chi connectivity index (χ1v) is 4.22. The lowest BCUT2D eigenvalue weighted by Gasteiger charge is -2.26. The molecule has 1 aliphatic rings. The summed E-state index contributed by atoms with van der Waals surface area (Å²) in [5.41, 5.74) is 0. The van der Waals surface area contributed by atoms with Crippen molar-refractivity contribution in [3.63, 3.8) is 0 Å². The molecule has 72 valence electrons. The van der Waals surface area contributed by atoms with Crippen molar-refractivity contribution in [2.45, 2.75) is 45.1 Å². The summed E-state index contributed by atoms with van der Waals surface area (Å²) in [4.78, 5) is 0. The lowest BCUT2D eigenvalue weighted by atomic mass is 9.89. The Balaban J connectivity index is 2.26. The van der Waals surface area contributed by atoms with Crippen LogP contribution in [-0.4, -0.2) is 12.5 Å². The van der Waals surface area contributed by atoms with Gasteiger partial charge in [0.15, 0.2) is 0 Å². The van der Waals surface area contributed by atoms with Gasteiger partial charge in [-0.2, -0.15) is 0 Å². The average molecular weight is 182 g/mol. The van der Waals surface area contributed by atoms with Gasteiger partial charge in [-0.15, -0.1) is 13.2 Å². The molecule has 4 heteroatoms. The molecule has 1 nitrogen and oxygen atoms in total. The summed E-state index contributed by atoms with van der Waals surface area (Å²) in [7, 11) is 0. The van der Waals surface area contributed by atoms with E-state index in [9.17, 15) is 13.2 Å². The zero-order valence-electron chi connectivity index (χ0n) is 7.03. The van der Waals surface area contributed by atoms with Crippen molar-refractivity contribution >= 4 is 0 Å². The van der Waals surface area contributed by atoms with Crippen molar-refractivity contribution in [2.75, 3.05) is 0 Å². The van der Waals surface area contributed by atoms with Gasteiger partial charge in [0.2, 0.25) is 0 Å². The highest BCUT2D eigenvalue weighted by atomic mass is 19.4. The Bertz CT molecular complexity index is 136. The Morgan fingerprint density at radius 1 is 1.08 bits per heavy atom. The standard InChI is InChI=1S/C8H13F3O/c1-6-2-4-7(5-3-6)12-8(9,10)11/h6-7H,2-5H2,1H3/t6-,7+. The molecule has 0 N–H and O–H groups in total. The summed E-state index contributed by atoms with van der Waals surface area (Å²) >= 11 is 0. The van der Waals surface area contributed by atoms with Crippen molar-refractivity contribution < 1.29 is 17.9 Å². The summed E-state index contributed by atoms with van der Waals surface area (Å²) in [5, 5.41) is 0. The van der Waals surface area contributed by atoms with E-state index in [1.165, 1.54) is 0 Å². The maximum absolute atomic E-state index is 11.7. The third-order valence-electron chi connectivity index (χ3n) is 2.26. The van der Waals surface area contributed by atoms with Crippen molar-refractivity contribution in [2.24, 2.45) is 5.92 Å². The molecule has 0 aliphatic heterocycles. The summed E-state index contributed by atoms with van der Waals surface area (Å²) in [6.07, 6.45) is -2.27. The quantitative estimate of drug-likeness (QED) is 0.605. The van der Waals surface area contributed by atoms with Gasteiger partial charge >= 0.3 is 6.36 Å². The first kappa shape index (κ1) is 9.84. The Hall–Kier alpha value is -0.250. The molecule has 0 radical (unpaired) electrons. The molecule has 0 spiro atoms. The van der Waals surface area contributed by atoms with E-state index >= 15 is 0 Å². The molecule has 0 unspecified atom stereocenters. The van der Waals surface area contributed by atoms with Crippen molar-refractivity contribution in [1.29, 1.82) is 0 Å². The fourth-order valence-corrected chi connectivity index (χ4v) is 1.54.